The number of nitrogens with zero attached hydrogens (tertiary/aromatic N) is 4. The number of amides is 1. The van der Waals surface area contributed by atoms with Gasteiger partial charge in [-0.05, 0) is 23.3 Å². The number of aromatic nitrogens is 2. The minimum absolute atomic E-state index is 0. The summed E-state index contributed by atoms with van der Waals surface area (Å²) in [6.07, 6.45) is 3.07. The maximum Gasteiger partial charge on any atom is 0.228 e. The molecule has 0 saturated carbocycles. The van der Waals surface area contributed by atoms with E-state index in [1.807, 2.05) is 49.1 Å². The number of hydrogen-bond acceptors (Lipinski definition) is 5. The first-order chi connectivity index (χ1) is 17.3. The Morgan fingerprint density at radius 3 is 2.32 bits per heavy atom. The molecule has 0 spiro atoms. The van der Waals surface area contributed by atoms with Crippen LogP contribution in [0.4, 0.5) is 14.6 Å². The lowest BCUT2D eigenvalue weighted by molar-refractivity contribution is -0.152. The second-order valence-electron chi connectivity index (χ2n) is 10.1. The number of rotatable bonds is 4. The number of piperidine rings is 1. The summed E-state index contributed by atoms with van der Waals surface area (Å²) in [7, 11) is 0. The zero-order chi connectivity index (χ0) is 25.4. The SMILES string of the molecule is C.C[C@@H]1CN(C(=O)[C@@H]2CN(c3ccncn3)C[C@H]2c2ccc(F)cc2F)C[C@H](C)C1(O)c1ccccc1. The van der Waals surface area contributed by atoms with Crippen molar-refractivity contribution in [2.24, 2.45) is 17.8 Å². The lowest BCUT2D eigenvalue weighted by Gasteiger charge is -2.48. The third-order valence-electron chi connectivity index (χ3n) is 7.93. The van der Waals surface area contributed by atoms with Crippen LogP contribution in [-0.2, 0) is 10.4 Å². The molecule has 196 valence electrons. The molecule has 1 N–H and O–H groups in total. The van der Waals surface area contributed by atoms with Crippen LogP contribution >= 0.6 is 0 Å². The lowest BCUT2D eigenvalue weighted by Crippen LogP contribution is -2.57. The smallest absolute Gasteiger partial charge is 0.228 e. The summed E-state index contributed by atoms with van der Waals surface area (Å²) in [6, 6.07) is 14.9. The van der Waals surface area contributed by atoms with Crippen molar-refractivity contribution in [3.8, 4) is 0 Å². The predicted octanol–water partition coefficient (Wildman–Crippen LogP) is 4.61. The Labute approximate surface area is 217 Å². The van der Waals surface area contributed by atoms with E-state index in [0.29, 0.717) is 37.6 Å². The quantitative estimate of drug-likeness (QED) is 0.557. The van der Waals surface area contributed by atoms with Crippen molar-refractivity contribution >= 4 is 11.7 Å². The zero-order valence-corrected chi connectivity index (χ0v) is 20.4. The second-order valence-corrected chi connectivity index (χ2v) is 10.1. The molecule has 8 heteroatoms. The number of aliphatic hydroxyl groups is 1. The predicted molar refractivity (Wildman–Crippen MR) is 139 cm³/mol. The molecule has 2 aliphatic rings. The summed E-state index contributed by atoms with van der Waals surface area (Å²) in [5.74, 6) is -2.14. The molecule has 1 unspecified atom stereocenters. The van der Waals surface area contributed by atoms with Gasteiger partial charge in [0.1, 0.15) is 23.8 Å². The van der Waals surface area contributed by atoms with Crippen LogP contribution in [-0.4, -0.2) is 52.1 Å². The van der Waals surface area contributed by atoms with Gasteiger partial charge in [-0.1, -0.05) is 57.7 Å². The number of carbonyl (C=O) groups is 1. The molecule has 2 saturated heterocycles. The molecule has 37 heavy (non-hydrogen) atoms. The summed E-state index contributed by atoms with van der Waals surface area (Å²) in [5, 5.41) is 11.7. The third-order valence-corrected chi connectivity index (χ3v) is 7.93. The monoisotopic (exact) mass is 508 g/mol. The first-order valence-electron chi connectivity index (χ1n) is 12.3. The summed E-state index contributed by atoms with van der Waals surface area (Å²) in [4.78, 5) is 26.0. The van der Waals surface area contributed by atoms with E-state index in [0.717, 1.165) is 11.6 Å². The Hall–Kier alpha value is -3.39. The van der Waals surface area contributed by atoms with Gasteiger partial charge in [0.25, 0.3) is 0 Å². The minimum Gasteiger partial charge on any atom is -0.384 e. The van der Waals surface area contributed by atoms with Crippen LogP contribution in [0, 0.1) is 29.4 Å². The van der Waals surface area contributed by atoms with Gasteiger partial charge in [0.2, 0.25) is 5.91 Å². The van der Waals surface area contributed by atoms with Gasteiger partial charge in [0.15, 0.2) is 0 Å². The Balaban J connectivity index is 0.00000320. The number of halogens is 2. The van der Waals surface area contributed by atoms with E-state index < -0.39 is 29.1 Å². The summed E-state index contributed by atoms with van der Waals surface area (Å²) < 4.78 is 28.5. The fourth-order valence-electron chi connectivity index (χ4n) is 6.02. The van der Waals surface area contributed by atoms with E-state index in [1.165, 1.54) is 18.5 Å². The molecular weight excluding hydrogens is 474 g/mol. The molecule has 0 aliphatic carbocycles. The normalized spacial score (nSPS) is 27.6. The van der Waals surface area contributed by atoms with Crippen LogP contribution in [0.15, 0.2) is 67.1 Å². The molecule has 5 rings (SSSR count). The average molecular weight is 509 g/mol. The largest absolute Gasteiger partial charge is 0.384 e. The van der Waals surface area contributed by atoms with E-state index in [4.69, 9.17) is 0 Å². The van der Waals surface area contributed by atoms with Crippen molar-refractivity contribution in [3.63, 3.8) is 0 Å². The highest BCUT2D eigenvalue weighted by molar-refractivity contribution is 5.82. The molecular formula is C29H34F2N4O2. The number of likely N-dealkylation sites (tertiary alicyclic amines) is 1. The molecule has 1 amide bonds. The Morgan fingerprint density at radius 1 is 1.00 bits per heavy atom. The molecule has 6 nitrogen and oxygen atoms in total. The van der Waals surface area contributed by atoms with Gasteiger partial charge in [-0.3, -0.25) is 4.79 Å². The fraction of sp³-hybridized carbons (Fsp3) is 0.414. The topological polar surface area (TPSA) is 69.6 Å². The maximum atomic E-state index is 14.9. The number of hydrogen-bond donors (Lipinski definition) is 1. The second kappa shape index (κ2) is 10.5. The van der Waals surface area contributed by atoms with E-state index in [2.05, 4.69) is 9.97 Å². The molecule has 2 fully saturated rings. The van der Waals surface area contributed by atoms with Crippen LogP contribution in [0.25, 0.3) is 0 Å². The zero-order valence-electron chi connectivity index (χ0n) is 20.4. The molecule has 0 radical (unpaired) electrons. The Morgan fingerprint density at radius 2 is 1.70 bits per heavy atom. The van der Waals surface area contributed by atoms with Gasteiger partial charge in [0.05, 0.1) is 11.5 Å². The molecule has 5 atom stereocenters. The number of carbonyl (C=O) groups excluding carboxylic acids is 1. The van der Waals surface area contributed by atoms with Gasteiger partial charge in [-0.25, -0.2) is 18.7 Å². The molecule has 3 aromatic rings. The molecule has 3 heterocycles. The van der Waals surface area contributed by atoms with Gasteiger partial charge < -0.3 is 14.9 Å². The number of benzene rings is 2. The third kappa shape index (κ3) is 4.82. The van der Waals surface area contributed by atoms with Crippen LogP contribution in [0.3, 0.4) is 0 Å². The van der Waals surface area contributed by atoms with Crippen LogP contribution in [0.2, 0.25) is 0 Å². The van der Waals surface area contributed by atoms with E-state index in [1.54, 1.807) is 17.2 Å². The minimum atomic E-state index is -1.05. The average Bonchev–Trinajstić information content (AvgIpc) is 3.32. The van der Waals surface area contributed by atoms with E-state index in [9.17, 15) is 18.7 Å². The van der Waals surface area contributed by atoms with E-state index >= 15 is 0 Å². The first-order valence-corrected chi connectivity index (χ1v) is 12.3. The molecule has 0 bridgehead atoms. The van der Waals surface area contributed by atoms with Crippen molar-refractivity contribution in [1.82, 2.24) is 14.9 Å². The van der Waals surface area contributed by atoms with Gasteiger partial charge in [-0.2, -0.15) is 0 Å². The van der Waals surface area contributed by atoms with Gasteiger partial charge >= 0.3 is 0 Å². The summed E-state index contributed by atoms with van der Waals surface area (Å²) in [6.45, 7) is 5.43. The standard InChI is InChI=1S/C28H30F2N4O2.CH4/c1-18-13-34(14-19(2)28(18,36)20-6-4-3-5-7-20)27(35)24-16-33(26-10-11-31-17-32-26)15-23(24)22-9-8-21(29)12-25(22)30;/h3-12,17-19,23-24,36H,13-16H2,1-2H3;1H4/t18-,19+,23-,24+,28?;/m0./s1. The first kappa shape index (κ1) is 26.7. The number of anilines is 1. The van der Waals surface area contributed by atoms with Crippen molar-refractivity contribution in [2.75, 3.05) is 31.1 Å². The van der Waals surface area contributed by atoms with Crippen LogP contribution < -0.4 is 4.90 Å². The van der Waals surface area contributed by atoms with Crippen LogP contribution in [0.1, 0.15) is 38.3 Å². The lowest BCUT2D eigenvalue weighted by atomic mass is 9.70. The van der Waals surface area contributed by atoms with Crippen molar-refractivity contribution < 1.29 is 18.7 Å². The molecule has 2 aliphatic heterocycles. The van der Waals surface area contributed by atoms with Crippen molar-refractivity contribution in [1.29, 1.82) is 0 Å². The summed E-state index contributed by atoms with van der Waals surface area (Å²) in [5.41, 5.74) is 0.118. The molecule has 1 aromatic heterocycles. The Kier molecular flexibility index (Phi) is 7.59. The van der Waals surface area contributed by atoms with Gasteiger partial charge in [-0.15, -0.1) is 0 Å². The van der Waals surface area contributed by atoms with Crippen molar-refractivity contribution in [2.45, 2.75) is 32.8 Å². The van der Waals surface area contributed by atoms with Gasteiger partial charge in [0, 0.05) is 56.2 Å². The highest BCUT2D eigenvalue weighted by Gasteiger charge is 2.49. The summed E-state index contributed by atoms with van der Waals surface area (Å²) >= 11 is 0. The van der Waals surface area contributed by atoms with Crippen LogP contribution in [0.5, 0.6) is 0 Å². The fourth-order valence-corrected chi connectivity index (χ4v) is 6.02. The highest BCUT2D eigenvalue weighted by Crippen LogP contribution is 2.43. The molecule has 2 aromatic carbocycles. The van der Waals surface area contributed by atoms with Crippen molar-refractivity contribution in [3.05, 3.63) is 89.9 Å². The van der Waals surface area contributed by atoms with E-state index in [-0.39, 0.29) is 25.2 Å². The Bertz CT molecular complexity index is 1220. The highest BCUT2D eigenvalue weighted by atomic mass is 19.1. The maximum absolute atomic E-state index is 14.9.